The van der Waals surface area contributed by atoms with E-state index in [1.807, 2.05) is 6.07 Å². The number of carbonyl (C=O) groups is 1. The van der Waals surface area contributed by atoms with E-state index in [0.717, 1.165) is 5.56 Å². The number of hydrogen-bond donors (Lipinski definition) is 2. The van der Waals surface area contributed by atoms with Crippen molar-refractivity contribution in [3.05, 3.63) is 47.4 Å². The Kier molecular flexibility index (Phi) is 2.98. The molecule has 0 bridgehead atoms. The summed E-state index contributed by atoms with van der Waals surface area (Å²) in [6.07, 6.45) is 1.45. The Hall–Kier alpha value is -2.81. The third-order valence-corrected chi connectivity index (χ3v) is 2.52. The molecule has 90 valence electrons. The number of nitriles is 1. The number of aromatic nitrogens is 2. The predicted molar refractivity (Wildman–Crippen MR) is 65.4 cm³/mol. The summed E-state index contributed by atoms with van der Waals surface area (Å²) in [5, 5.41) is 8.80. The molecule has 1 aromatic carbocycles. The molecule has 0 spiro atoms. The van der Waals surface area contributed by atoms with Crippen LogP contribution in [-0.4, -0.2) is 15.5 Å². The maximum Gasteiger partial charge on any atom is 0.271 e. The van der Waals surface area contributed by atoms with Gasteiger partial charge in [-0.1, -0.05) is 12.1 Å². The van der Waals surface area contributed by atoms with Crippen molar-refractivity contribution in [2.75, 3.05) is 5.73 Å². The van der Waals surface area contributed by atoms with Crippen molar-refractivity contribution in [2.45, 2.75) is 6.54 Å². The Morgan fingerprint density at radius 2 is 2.28 bits per heavy atom. The van der Waals surface area contributed by atoms with Crippen molar-refractivity contribution in [1.29, 1.82) is 5.26 Å². The highest BCUT2D eigenvalue weighted by atomic mass is 16.1. The molecule has 4 N–H and O–H groups in total. The van der Waals surface area contributed by atoms with Crippen molar-refractivity contribution in [3.8, 4) is 6.07 Å². The van der Waals surface area contributed by atoms with Crippen LogP contribution in [0.1, 0.15) is 21.6 Å². The Bertz CT molecular complexity index is 638. The van der Waals surface area contributed by atoms with Crippen LogP contribution in [0.3, 0.4) is 0 Å². The first-order valence-corrected chi connectivity index (χ1v) is 5.21. The molecule has 0 saturated heterocycles. The third-order valence-electron chi connectivity index (χ3n) is 2.52. The first kappa shape index (κ1) is 11.7. The van der Waals surface area contributed by atoms with Crippen LogP contribution in [0.2, 0.25) is 0 Å². The Balaban J connectivity index is 2.29. The molecule has 2 aromatic rings. The van der Waals surface area contributed by atoms with E-state index in [-0.39, 0.29) is 11.5 Å². The molecule has 0 aliphatic heterocycles. The third kappa shape index (κ3) is 2.15. The molecule has 0 saturated carbocycles. The minimum Gasteiger partial charge on any atom is -0.383 e. The molecule has 1 aromatic heterocycles. The monoisotopic (exact) mass is 241 g/mol. The Morgan fingerprint density at radius 1 is 1.50 bits per heavy atom. The van der Waals surface area contributed by atoms with Crippen LogP contribution in [0.15, 0.2) is 30.6 Å². The standard InChI is InChI=1S/C12H11N5O/c13-5-8-2-1-3-9(4-8)6-17-7-16-10(11(17)14)12(15)18/h1-4,7H,6,14H2,(H2,15,18). The first-order valence-electron chi connectivity index (χ1n) is 5.21. The highest BCUT2D eigenvalue weighted by molar-refractivity contribution is 5.95. The maximum absolute atomic E-state index is 11.0. The number of hydrogen-bond acceptors (Lipinski definition) is 4. The van der Waals surface area contributed by atoms with Gasteiger partial charge < -0.3 is 16.0 Å². The van der Waals surface area contributed by atoms with Gasteiger partial charge in [0.25, 0.3) is 5.91 Å². The minimum atomic E-state index is -0.656. The quantitative estimate of drug-likeness (QED) is 0.814. The van der Waals surface area contributed by atoms with Crippen molar-refractivity contribution in [1.82, 2.24) is 9.55 Å². The zero-order valence-electron chi connectivity index (χ0n) is 9.50. The molecule has 1 amide bonds. The highest BCUT2D eigenvalue weighted by Gasteiger charge is 2.12. The topological polar surface area (TPSA) is 111 Å². The van der Waals surface area contributed by atoms with Gasteiger partial charge >= 0.3 is 0 Å². The van der Waals surface area contributed by atoms with Gasteiger partial charge in [-0.2, -0.15) is 5.26 Å². The van der Waals surface area contributed by atoms with E-state index in [1.54, 1.807) is 22.8 Å². The fourth-order valence-electron chi connectivity index (χ4n) is 1.64. The van der Waals surface area contributed by atoms with Crippen LogP contribution in [0.5, 0.6) is 0 Å². The van der Waals surface area contributed by atoms with Crippen molar-refractivity contribution in [3.63, 3.8) is 0 Å². The van der Waals surface area contributed by atoms with Crippen molar-refractivity contribution in [2.24, 2.45) is 5.73 Å². The summed E-state index contributed by atoms with van der Waals surface area (Å²) in [6.45, 7) is 0.432. The largest absolute Gasteiger partial charge is 0.383 e. The van der Waals surface area contributed by atoms with Gasteiger partial charge in [0.1, 0.15) is 5.82 Å². The lowest BCUT2D eigenvalue weighted by molar-refractivity contribution is 0.0997. The van der Waals surface area contributed by atoms with Gasteiger partial charge in [0, 0.05) is 0 Å². The van der Waals surface area contributed by atoms with Gasteiger partial charge in [0.2, 0.25) is 0 Å². The molecule has 0 atom stereocenters. The lowest BCUT2D eigenvalue weighted by atomic mass is 10.1. The number of nitrogens with zero attached hydrogens (tertiary/aromatic N) is 3. The number of primary amides is 1. The number of imidazole rings is 1. The van der Waals surface area contributed by atoms with Gasteiger partial charge in [-0.3, -0.25) is 4.79 Å². The zero-order chi connectivity index (χ0) is 13.1. The number of nitrogens with two attached hydrogens (primary N) is 2. The van der Waals surface area contributed by atoms with Gasteiger partial charge in [-0.25, -0.2) is 4.98 Å². The van der Waals surface area contributed by atoms with Crippen LogP contribution in [0.4, 0.5) is 5.82 Å². The normalized spacial score (nSPS) is 9.94. The zero-order valence-corrected chi connectivity index (χ0v) is 9.50. The molecule has 0 aliphatic carbocycles. The van der Waals surface area contributed by atoms with Crippen LogP contribution >= 0.6 is 0 Å². The van der Waals surface area contributed by atoms with Gasteiger partial charge in [-0.15, -0.1) is 0 Å². The van der Waals surface area contributed by atoms with Gasteiger partial charge in [-0.05, 0) is 17.7 Å². The number of benzene rings is 1. The lowest BCUT2D eigenvalue weighted by Gasteiger charge is -2.05. The first-order chi connectivity index (χ1) is 8.61. The van der Waals surface area contributed by atoms with Crippen LogP contribution in [0, 0.1) is 11.3 Å². The van der Waals surface area contributed by atoms with E-state index in [2.05, 4.69) is 11.1 Å². The summed E-state index contributed by atoms with van der Waals surface area (Å²) in [6, 6.07) is 9.19. The summed E-state index contributed by atoms with van der Waals surface area (Å²) in [7, 11) is 0. The second-order valence-electron chi connectivity index (χ2n) is 3.78. The molecule has 6 heteroatoms. The van der Waals surface area contributed by atoms with Crippen molar-refractivity contribution < 1.29 is 4.79 Å². The molecule has 18 heavy (non-hydrogen) atoms. The van der Waals surface area contributed by atoms with Crippen LogP contribution in [0.25, 0.3) is 0 Å². The van der Waals surface area contributed by atoms with E-state index < -0.39 is 5.91 Å². The lowest BCUT2D eigenvalue weighted by Crippen LogP contribution is -2.14. The summed E-state index contributed by atoms with van der Waals surface area (Å²) in [4.78, 5) is 14.9. The highest BCUT2D eigenvalue weighted by Crippen LogP contribution is 2.13. The fraction of sp³-hybridized carbons (Fsp3) is 0.0833. The van der Waals surface area contributed by atoms with Gasteiger partial charge in [0.05, 0.1) is 24.5 Å². The summed E-state index contributed by atoms with van der Waals surface area (Å²) < 4.78 is 1.61. The van der Waals surface area contributed by atoms with Crippen LogP contribution < -0.4 is 11.5 Å². The summed E-state index contributed by atoms with van der Waals surface area (Å²) in [5.41, 5.74) is 12.4. The molecule has 6 nitrogen and oxygen atoms in total. The van der Waals surface area contributed by atoms with E-state index in [0.29, 0.717) is 12.1 Å². The molecule has 0 aliphatic rings. The van der Waals surface area contributed by atoms with Gasteiger partial charge in [0.15, 0.2) is 5.69 Å². The number of nitrogen functional groups attached to an aromatic ring is 1. The predicted octanol–water partition coefficient (Wildman–Crippen LogP) is 0.484. The number of anilines is 1. The van der Waals surface area contributed by atoms with E-state index in [9.17, 15) is 4.79 Å². The Labute approximate surface area is 103 Å². The van der Waals surface area contributed by atoms with E-state index in [1.165, 1.54) is 6.33 Å². The average Bonchev–Trinajstić information content (AvgIpc) is 2.71. The molecule has 0 fully saturated rings. The second-order valence-corrected chi connectivity index (χ2v) is 3.78. The maximum atomic E-state index is 11.0. The summed E-state index contributed by atoms with van der Waals surface area (Å²) >= 11 is 0. The molecule has 1 heterocycles. The molecule has 2 rings (SSSR count). The second kappa shape index (κ2) is 4.59. The minimum absolute atomic E-state index is 0.0615. The molecular formula is C12H11N5O. The SMILES string of the molecule is N#Cc1cccc(Cn2cnc(C(N)=O)c2N)c1. The summed E-state index contributed by atoms with van der Waals surface area (Å²) in [5.74, 6) is -0.429. The molecular weight excluding hydrogens is 230 g/mol. The van der Waals surface area contributed by atoms with E-state index in [4.69, 9.17) is 16.7 Å². The number of amides is 1. The molecule has 0 unspecified atom stereocenters. The fourth-order valence-corrected chi connectivity index (χ4v) is 1.64. The molecule has 0 radical (unpaired) electrons. The van der Waals surface area contributed by atoms with E-state index >= 15 is 0 Å². The number of rotatable bonds is 3. The van der Waals surface area contributed by atoms with Crippen molar-refractivity contribution >= 4 is 11.7 Å². The average molecular weight is 241 g/mol. The van der Waals surface area contributed by atoms with Crippen LogP contribution in [-0.2, 0) is 6.54 Å². The Morgan fingerprint density at radius 3 is 2.89 bits per heavy atom. The smallest absolute Gasteiger partial charge is 0.271 e. The number of carbonyl (C=O) groups excluding carboxylic acids is 1.